The average molecular weight is 268 g/mol. The molecule has 1 heterocycles. The van der Waals surface area contributed by atoms with Gasteiger partial charge in [-0.25, -0.2) is 4.79 Å². The standard InChI is InChI=1S/C13H20N2O4/c1-3-4-5-6-7-9(2)14-12(16)10-8-11(13(17)18)19-15-10/h8-9H,3-7H2,1-2H3,(H,14,16)(H,17,18). The van der Waals surface area contributed by atoms with Crippen molar-refractivity contribution in [1.29, 1.82) is 0 Å². The summed E-state index contributed by atoms with van der Waals surface area (Å²) < 4.78 is 4.53. The van der Waals surface area contributed by atoms with Crippen LogP contribution in [0.3, 0.4) is 0 Å². The zero-order valence-electron chi connectivity index (χ0n) is 11.3. The van der Waals surface area contributed by atoms with Gasteiger partial charge in [-0.15, -0.1) is 0 Å². The lowest BCUT2D eigenvalue weighted by Crippen LogP contribution is -2.32. The van der Waals surface area contributed by atoms with Gasteiger partial charge >= 0.3 is 5.97 Å². The molecule has 1 rings (SSSR count). The number of nitrogens with one attached hydrogen (secondary N) is 1. The zero-order chi connectivity index (χ0) is 14.3. The lowest BCUT2D eigenvalue weighted by Gasteiger charge is -2.12. The maximum atomic E-state index is 11.8. The average Bonchev–Trinajstić information content (AvgIpc) is 2.84. The molecule has 6 heteroatoms. The fourth-order valence-electron chi connectivity index (χ4n) is 1.73. The number of rotatable bonds is 8. The van der Waals surface area contributed by atoms with E-state index in [1.807, 2.05) is 6.92 Å². The summed E-state index contributed by atoms with van der Waals surface area (Å²) in [6, 6.07) is 1.16. The first-order valence-electron chi connectivity index (χ1n) is 6.55. The third kappa shape index (κ3) is 5.11. The van der Waals surface area contributed by atoms with E-state index in [1.165, 1.54) is 12.8 Å². The molecule has 1 unspecified atom stereocenters. The molecular formula is C13H20N2O4. The molecule has 0 bridgehead atoms. The van der Waals surface area contributed by atoms with Crippen molar-refractivity contribution in [3.63, 3.8) is 0 Å². The maximum Gasteiger partial charge on any atom is 0.374 e. The monoisotopic (exact) mass is 268 g/mol. The number of amides is 1. The summed E-state index contributed by atoms with van der Waals surface area (Å²) in [5.74, 6) is -1.97. The van der Waals surface area contributed by atoms with Gasteiger partial charge in [0, 0.05) is 12.1 Å². The second-order valence-corrected chi connectivity index (χ2v) is 4.61. The highest BCUT2D eigenvalue weighted by Crippen LogP contribution is 2.07. The molecule has 1 aromatic heterocycles. The van der Waals surface area contributed by atoms with Gasteiger partial charge in [-0.05, 0) is 13.3 Å². The van der Waals surface area contributed by atoms with Crippen molar-refractivity contribution in [2.45, 2.75) is 52.0 Å². The van der Waals surface area contributed by atoms with Gasteiger partial charge in [-0.1, -0.05) is 37.8 Å². The van der Waals surface area contributed by atoms with Gasteiger partial charge in [0.25, 0.3) is 5.91 Å². The SMILES string of the molecule is CCCCCCC(C)NC(=O)c1cc(C(=O)O)on1. The van der Waals surface area contributed by atoms with Gasteiger partial charge in [0.1, 0.15) is 0 Å². The number of unbranched alkanes of at least 4 members (excludes halogenated alkanes) is 3. The van der Waals surface area contributed by atoms with E-state index in [2.05, 4.69) is 21.9 Å². The molecule has 0 aliphatic carbocycles. The van der Waals surface area contributed by atoms with Crippen LogP contribution in [-0.4, -0.2) is 28.2 Å². The van der Waals surface area contributed by atoms with Gasteiger partial charge in [-0.2, -0.15) is 0 Å². The van der Waals surface area contributed by atoms with Gasteiger partial charge in [0.2, 0.25) is 5.76 Å². The van der Waals surface area contributed by atoms with Crippen LogP contribution in [-0.2, 0) is 0 Å². The van der Waals surface area contributed by atoms with Crippen LogP contribution in [0.5, 0.6) is 0 Å². The highest BCUT2D eigenvalue weighted by Gasteiger charge is 2.17. The van der Waals surface area contributed by atoms with Gasteiger partial charge in [-0.3, -0.25) is 4.79 Å². The van der Waals surface area contributed by atoms with Crippen LogP contribution in [0.4, 0.5) is 0 Å². The Morgan fingerprint density at radius 3 is 2.74 bits per heavy atom. The van der Waals surface area contributed by atoms with E-state index in [0.29, 0.717) is 0 Å². The summed E-state index contributed by atoms with van der Waals surface area (Å²) >= 11 is 0. The van der Waals surface area contributed by atoms with E-state index >= 15 is 0 Å². The fraction of sp³-hybridized carbons (Fsp3) is 0.615. The molecule has 1 amide bonds. The molecule has 0 spiro atoms. The van der Waals surface area contributed by atoms with E-state index < -0.39 is 11.9 Å². The smallest absolute Gasteiger partial charge is 0.374 e. The third-order valence-electron chi connectivity index (χ3n) is 2.82. The summed E-state index contributed by atoms with van der Waals surface area (Å²) in [6.07, 6.45) is 5.50. The summed E-state index contributed by atoms with van der Waals surface area (Å²) in [5, 5.41) is 14.9. The highest BCUT2D eigenvalue weighted by molar-refractivity contribution is 5.94. The largest absolute Gasteiger partial charge is 0.475 e. The van der Waals surface area contributed by atoms with Crippen molar-refractivity contribution in [3.05, 3.63) is 17.5 Å². The van der Waals surface area contributed by atoms with Crippen molar-refractivity contribution in [1.82, 2.24) is 10.5 Å². The number of carboxylic acid groups (broad SMARTS) is 1. The lowest BCUT2D eigenvalue weighted by molar-refractivity contribution is 0.0651. The van der Waals surface area contributed by atoms with Gasteiger partial charge in [0.05, 0.1) is 0 Å². The number of nitrogens with zero attached hydrogens (tertiary/aromatic N) is 1. The predicted octanol–water partition coefficient (Wildman–Crippen LogP) is 2.46. The first-order chi connectivity index (χ1) is 9.04. The maximum absolute atomic E-state index is 11.8. The molecule has 1 atom stereocenters. The molecule has 106 valence electrons. The van der Waals surface area contributed by atoms with Crippen LogP contribution >= 0.6 is 0 Å². The minimum absolute atomic E-state index is 0.00203. The van der Waals surface area contributed by atoms with Crippen LogP contribution in [0.25, 0.3) is 0 Å². The number of carbonyl (C=O) groups excluding carboxylic acids is 1. The highest BCUT2D eigenvalue weighted by atomic mass is 16.5. The number of carboxylic acids is 1. The Bertz CT molecular complexity index is 428. The molecule has 0 aliphatic rings. The Morgan fingerprint density at radius 2 is 2.16 bits per heavy atom. The molecule has 0 saturated carbocycles. The van der Waals surface area contributed by atoms with Crippen LogP contribution in [0.1, 0.15) is 67.0 Å². The van der Waals surface area contributed by atoms with Crippen molar-refractivity contribution < 1.29 is 19.2 Å². The molecule has 0 saturated heterocycles. The Hall–Kier alpha value is -1.85. The number of hydrogen-bond donors (Lipinski definition) is 2. The summed E-state index contributed by atoms with van der Waals surface area (Å²) in [4.78, 5) is 22.3. The number of aromatic nitrogens is 1. The quantitative estimate of drug-likeness (QED) is 0.706. The number of aromatic carboxylic acids is 1. The van der Waals surface area contributed by atoms with Crippen LogP contribution in [0.15, 0.2) is 10.6 Å². The third-order valence-corrected chi connectivity index (χ3v) is 2.82. The van der Waals surface area contributed by atoms with E-state index in [0.717, 1.165) is 25.3 Å². The second-order valence-electron chi connectivity index (χ2n) is 4.61. The van der Waals surface area contributed by atoms with E-state index in [-0.39, 0.29) is 17.5 Å². The lowest BCUT2D eigenvalue weighted by atomic mass is 10.1. The first kappa shape index (κ1) is 15.2. The zero-order valence-corrected chi connectivity index (χ0v) is 11.3. The summed E-state index contributed by atoms with van der Waals surface area (Å²) in [6.45, 7) is 4.07. The molecule has 0 aliphatic heterocycles. The molecule has 6 nitrogen and oxygen atoms in total. The van der Waals surface area contributed by atoms with Crippen LogP contribution in [0.2, 0.25) is 0 Å². The molecule has 0 fully saturated rings. The first-order valence-corrected chi connectivity index (χ1v) is 6.55. The molecule has 19 heavy (non-hydrogen) atoms. The second kappa shape index (κ2) is 7.56. The summed E-state index contributed by atoms with van der Waals surface area (Å²) in [7, 11) is 0. The molecule has 1 aromatic rings. The Kier molecular flexibility index (Phi) is 6.05. The molecule has 2 N–H and O–H groups in total. The Morgan fingerprint density at radius 1 is 1.42 bits per heavy atom. The topological polar surface area (TPSA) is 92.4 Å². The fourth-order valence-corrected chi connectivity index (χ4v) is 1.73. The molecule has 0 radical (unpaired) electrons. The van der Waals surface area contributed by atoms with E-state index in [9.17, 15) is 9.59 Å². The van der Waals surface area contributed by atoms with Crippen molar-refractivity contribution >= 4 is 11.9 Å². The minimum Gasteiger partial charge on any atom is -0.475 e. The van der Waals surface area contributed by atoms with Crippen molar-refractivity contribution in [3.8, 4) is 0 Å². The Balaban J connectivity index is 2.38. The normalized spacial score (nSPS) is 12.1. The van der Waals surface area contributed by atoms with Gasteiger partial charge in [0.15, 0.2) is 5.69 Å². The minimum atomic E-state index is -1.24. The molecule has 0 aromatic carbocycles. The van der Waals surface area contributed by atoms with Crippen LogP contribution in [0, 0.1) is 0 Å². The predicted molar refractivity (Wildman–Crippen MR) is 69.1 cm³/mol. The van der Waals surface area contributed by atoms with Gasteiger partial charge < -0.3 is 14.9 Å². The summed E-state index contributed by atoms with van der Waals surface area (Å²) in [5.41, 5.74) is -0.00203. The van der Waals surface area contributed by atoms with E-state index in [1.54, 1.807) is 0 Å². The Labute approximate surface area is 112 Å². The number of hydrogen-bond acceptors (Lipinski definition) is 4. The number of carbonyl (C=O) groups is 2. The van der Waals surface area contributed by atoms with Crippen molar-refractivity contribution in [2.75, 3.05) is 0 Å². The van der Waals surface area contributed by atoms with Crippen molar-refractivity contribution in [2.24, 2.45) is 0 Å². The van der Waals surface area contributed by atoms with E-state index in [4.69, 9.17) is 5.11 Å². The molecular weight excluding hydrogens is 248 g/mol. The van der Waals surface area contributed by atoms with Crippen LogP contribution < -0.4 is 5.32 Å².